The zero-order chi connectivity index (χ0) is 12.0. The molecule has 1 aliphatic rings. The van der Waals surface area contributed by atoms with Crippen LogP contribution in [0.25, 0.3) is 0 Å². The summed E-state index contributed by atoms with van der Waals surface area (Å²) in [6, 6.07) is -0.439. The molecule has 2 atom stereocenters. The van der Waals surface area contributed by atoms with Crippen LogP contribution in [0.4, 0.5) is 0 Å². The van der Waals surface area contributed by atoms with Crippen molar-refractivity contribution in [2.45, 2.75) is 32.4 Å². The van der Waals surface area contributed by atoms with Gasteiger partial charge in [0.1, 0.15) is 6.04 Å². The minimum atomic E-state index is -0.282. The third-order valence-electron chi connectivity index (χ3n) is 2.56. The number of hydrogen-bond donors (Lipinski definition) is 3. The van der Waals surface area contributed by atoms with Crippen molar-refractivity contribution in [3.05, 3.63) is 0 Å². The van der Waals surface area contributed by atoms with Gasteiger partial charge >= 0.3 is 0 Å². The Bertz CT molecular complexity index is 215. The smallest absolute Gasteiger partial charge is 0.239 e. The van der Waals surface area contributed by atoms with Gasteiger partial charge in [-0.2, -0.15) is 0 Å². The number of rotatable bonds is 5. The van der Waals surface area contributed by atoms with E-state index in [4.69, 9.17) is 9.84 Å². The first kappa shape index (κ1) is 13.4. The fraction of sp³-hybridized carbons (Fsp3) is 0.909. The molecule has 1 aliphatic heterocycles. The van der Waals surface area contributed by atoms with Gasteiger partial charge in [-0.05, 0) is 12.3 Å². The van der Waals surface area contributed by atoms with Crippen LogP contribution in [0.15, 0.2) is 0 Å². The summed E-state index contributed by atoms with van der Waals surface area (Å²) < 4.78 is 5.21. The molecule has 0 bridgehead atoms. The van der Waals surface area contributed by atoms with Gasteiger partial charge in [0.05, 0.1) is 25.9 Å². The number of aliphatic hydroxyl groups is 1. The van der Waals surface area contributed by atoms with Crippen LogP contribution in [-0.2, 0) is 9.53 Å². The molecular formula is C11H22N2O3. The average Bonchev–Trinajstić information content (AvgIpc) is 2.28. The number of nitrogens with one attached hydrogen (secondary N) is 2. The fourth-order valence-electron chi connectivity index (χ4n) is 1.78. The number of carbonyl (C=O) groups is 1. The summed E-state index contributed by atoms with van der Waals surface area (Å²) >= 11 is 0. The van der Waals surface area contributed by atoms with Crippen LogP contribution >= 0.6 is 0 Å². The molecule has 0 aromatic heterocycles. The molecular weight excluding hydrogens is 208 g/mol. The van der Waals surface area contributed by atoms with Crippen LogP contribution in [0.2, 0.25) is 0 Å². The SMILES string of the molecule is CC(C)CC(CO)NC(=O)C1COCCN1. The van der Waals surface area contributed by atoms with Crippen molar-refractivity contribution in [3.8, 4) is 0 Å². The zero-order valence-corrected chi connectivity index (χ0v) is 10.0. The van der Waals surface area contributed by atoms with Gasteiger partial charge in [0.15, 0.2) is 0 Å². The van der Waals surface area contributed by atoms with E-state index in [1.165, 1.54) is 0 Å². The second kappa shape index (κ2) is 6.83. The van der Waals surface area contributed by atoms with Gasteiger partial charge in [-0.25, -0.2) is 0 Å². The van der Waals surface area contributed by atoms with Gasteiger partial charge in [-0.3, -0.25) is 4.79 Å². The van der Waals surface area contributed by atoms with Crippen molar-refractivity contribution < 1.29 is 14.6 Å². The van der Waals surface area contributed by atoms with Gasteiger partial charge in [0, 0.05) is 6.54 Å². The van der Waals surface area contributed by atoms with Gasteiger partial charge in [-0.1, -0.05) is 13.8 Å². The molecule has 0 aromatic rings. The number of amides is 1. The van der Waals surface area contributed by atoms with Crippen LogP contribution < -0.4 is 10.6 Å². The molecule has 16 heavy (non-hydrogen) atoms. The van der Waals surface area contributed by atoms with Crippen molar-refractivity contribution >= 4 is 5.91 Å². The second-order valence-electron chi connectivity index (χ2n) is 4.60. The van der Waals surface area contributed by atoms with Crippen LogP contribution in [0, 0.1) is 5.92 Å². The average molecular weight is 230 g/mol. The highest BCUT2D eigenvalue weighted by Crippen LogP contribution is 2.04. The van der Waals surface area contributed by atoms with Crippen LogP contribution in [0.5, 0.6) is 0 Å². The maximum atomic E-state index is 11.8. The predicted molar refractivity (Wildman–Crippen MR) is 61.1 cm³/mol. The maximum absolute atomic E-state index is 11.8. The van der Waals surface area contributed by atoms with E-state index in [0.717, 1.165) is 6.42 Å². The molecule has 0 aromatic carbocycles. The third-order valence-corrected chi connectivity index (χ3v) is 2.56. The molecule has 1 rings (SSSR count). The Balaban J connectivity index is 2.35. The third kappa shape index (κ3) is 4.47. The minimum absolute atomic E-state index is 0.0164. The van der Waals surface area contributed by atoms with Gasteiger partial charge < -0.3 is 20.5 Å². The van der Waals surface area contributed by atoms with Crippen molar-refractivity contribution in [1.82, 2.24) is 10.6 Å². The quantitative estimate of drug-likeness (QED) is 0.595. The molecule has 2 unspecified atom stereocenters. The summed E-state index contributed by atoms with van der Waals surface area (Å²) in [5.41, 5.74) is 0. The van der Waals surface area contributed by atoms with E-state index in [1.54, 1.807) is 0 Å². The predicted octanol–water partition coefficient (Wildman–Crippen LogP) is -0.502. The van der Waals surface area contributed by atoms with E-state index in [1.807, 2.05) is 0 Å². The van der Waals surface area contributed by atoms with E-state index in [9.17, 15) is 4.79 Å². The first-order chi connectivity index (χ1) is 7.63. The maximum Gasteiger partial charge on any atom is 0.239 e. The lowest BCUT2D eigenvalue weighted by Gasteiger charge is -2.26. The normalized spacial score (nSPS) is 23.1. The number of ether oxygens (including phenoxy) is 1. The molecule has 1 fully saturated rings. The largest absolute Gasteiger partial charge is 0.394 e. The molecule has 1 heterocycles. The molecule has 1 amide bonds. The van der Waals surface area contributed by atoms with Crippen molar-refractivity contribution in [1.29, 1.82) is 0 Å². The lowest BCUT2D eigenvalue weighted by molar-refractivity contribution is -0.127. The zero-order valence-electron chi connectivity index (χ0n) is 10.0. The highest BCUT2D eigenvalue weighted by molar-refractivity contribution is 5.82. The van der Waals surface area contributed by atoms with E-state index in [0.29, 0.717) is 25.7 Å². The Kier molecular flexibility index (Phi) is 5.73. The summed E-state index contributed by atoms with van der Waals surface area (Å²) in [6.45, 7) is 5.88. The Hall–Kier alpha value is -0.650. The van der Waals surface area contributed by atoms with Crippen LogP contribution in [0.1, 0.15) is 20.3 Å². The number of morpholine rings is 1. The van der Waals surface area contributed by atoms with E-state index < -0.39 is 0 Å². The van der Waals surface area contributed by atoms with E-state index in [2.05, 4.69) is 24.5 Å². The van der Waals surface area contributed by atoms with Crippen molar-refractivity contribution in [3.63, 3.8) is 0 Å². The standard InChI is InChI=1S/C11H22N2O3/c1-8(2)5-9(6-14)13-11(15)10-7-16-4-3-12-10/h8-10,12,14H,3-7H2,1-2H3,(H,13,15). The lowest BCUT2D eigenvalue weighted by Crippen LogP contribution is -2.54. The molecule has 5 nitrogen and oxygen atoms in total. The molecule has 0 aliphatic carbocycles. The minimum Gasteiger partial charge on any atom is -0.394 e. The molecule has 0 saturated carbocycles. The number of hydrogen-bond acceptors (Lipinski definition) is 4. The van der Waals surface area contributed by atoms with E-state index >= 15 is 0 Å². The van der Waals surface area contributed by atoms with E-state index in [-0.39, 0.29) is 24.6 Å². The molecule has 1 saturated heterocycles. The summed E-state index contributed by atoms with van der Waals surface area (Å²) in [5.74, 6) is 0.368. The Labute approximate surface area is 96.6 Å². The first-order valence-corrected chi connectivity index (χ1v) is 5.85. The van der Waals surface area contributed by atoms with Crippen molar-refractivity contribution in [2.24, 2.45) is 5.92 Å². The van der Waals surface area contributed by atoms with Gasteiger partial charge in [-0.15, -0.1) is 0 Å². The van der Waals surface area contributed by atoms with Crippen LogP contribution in [-0.4, -0.2) is 49.5 Å². The molecule has 0 radical (unpaired) electrons. The Morgan fingerprint density at radius 3 is 2.88 bits per heavy atom. The van der Waals surface area contributed by atoms with Crippen LogP contribution in [0.3, 0.4) is 0 Å². The lowest BCUT2D eigenvalue weighted by atomic mass is 10.0. The molecule has 0 spiro atoms. The summed E-state index contributed by atoms with van der Waals surface area (Å²) in [7, 11) is 0. The number of aliphatic hydroxyl groups excluding tert-OH is 1. The second-order valence-corrected chi connectivity index (χ2v) is 4.60. The monoisotopic (exact) mass is 230 g/mol. The number of carbonyl (C=O) groups excluding carboxylic acids is 1. The summed E-state index contributed by atoms with van der Waals surface area (Å²) in [5, 5.41) is 15.1. The highest BCUT2D eigenvalue weighted by Gasteiger charge is 2.23. The first-order valence-electron chi connectivity index (χ1n) is 5.85. The summed E-state index contributed by atoms with van der Waals surface area (Å²) in [6.07, 6.45) is 0.788. The fourth-order valence-corrected chi connectivity index (χ4v) is 1.78. The van der Waals surface area contributed by atoms with Crippen molar-refractivity contribution in [2.75, 3.05) is 26.4 Å². The Morgan fingerprint density at radius 1 is 1.62 bits per heavy atom. The Morgan fingerprint density at radius 2 is 2.38 bits per heavy atom. The molecule has 3 N–H and O–H groups in total. The van der Waals surface area contributed by atoms with Gasteiger partial charge in [0.2, 0.25) is 5.91 Å². The summed E-state index contributed by atoms with van der Waals surface area (Å²) in [4.78, 5) is 11.8. The molecule has 94 valence electrons. The van der Waals surface area contributed by atoms with Gasteiger partial charge in [0.25, 0.3) is 0 Å². The highest BCUT2D eigenvalue weighted by atomic mass is 16.5. The molecule has 5 heteroatoms. The topological polar surface area (TPSA) is 70.6 Å².